The van der Waals surface area contributed by atoms with Gasteiger partial charge in [0.1, 0.15) is 0 Å². The molecule has 0 atom stereocenters. The summed E-state index contributed by atoms with van der Waals surface area (Å²) in [6.45, 7) is 8.57. The van der Waals surface area contributed by atoms with Crippen LogP contribution < -0.4 is 4.90 Å². The molecule has 2 fully saturated rings. The average Bonchev–Trinajstić information content (AvgIpc) is 3.90. The van der Waals surface area contributed by atoms with Gasteiger partial charge >= 0.3 is 0 Å². The molecule has 0 saturated heterocycles. The number of anilines is 2. The lowest BCUT2D eigenvalue weighted by Gasteiger charge is -2.31. The predicted octanol–water partition coefficient (Wildman–Crippen LogP) is 13.0. The van der Waals surface area contributed by atoms with Crippen molar-refractivity contribution >= 4 is 28.2 Å². The third-order valence-electron chi connectivity index (χ3n) is 11.8. The van der Waals surface area contributed by atoms with Gasteiger partial charge in [-0.3, -0.25) is 0 Å². The maximum absolute atomic E-state index is 4.10. The summed E-state index contributed by atoms with van der Waals surface area (Å²) in [7, 11) is 0. The molecule has 49 heavy (non-hydrogen) atoms. The number of fused-ring (bicyclic) bond motifs is 9. The summed E-state index contributed by atoms with van der Waals surface area (Å²) in [4.78, 5) is 2.55. The lowest BCUT2D eigenvalue weighted by atomic mass is 9.75. The van der Waals surface area contributed by atoms with Gasteiger partial charge < -0.3 is 4.90 Å². The Morgan fingerprint density at radius 2 is 1.61 bits per heavy atom. The largest absolute Gasteiger partial charge is 0.302 e. The minimum absolute atomic E-state index is 0.108. The van der Waals surface area contributed by atoms with Gasteiger partial charge in [0.25, 0.3) is 0 Å². The summed E-state index contributed by atoms with van der Waals surface area (Å²) in [5, 5.41) is 2.55. The van der Waals surface area contributed by atoms with Crippen molar-refractivity contribution in [3.05, 3.63) is 178 Å². The van der Waals surface area contributed by atoms with Gasteiger partial charge in [-0.2, -0.15) is 0 Å². The Hall–Kier alpha value is -5.10. The van der Waals surface area contributed by atoms with E-state index in [4.69, 9.17) is 0 Å². The molecule has 4 aromatic rings. The van der Waals surface area contributed by atoms with E-state index in [2.05, 4.69) is 146 Å². The second kappa shape index (κ2) is 11.5. The third kappa shape index (κ3) is 4.53. The molecule has 4 aromatic carbocycles. The fourth-order valence-electron chi connectivity index (χ4n) is 9.48. The zero-order valence-electron chi connectivity index (χ0n) is 28.7. The van der Waals surface area contributed by atoms with E-state index in [9.17, 15) is 0 Å². The molecule has 0 unspecified atom stereocenters. The highest BCUT2D eigenvalue weighted by Gasteiger charge is 2.51. The van der Waals surface area contributed by atoms with Crippen molar-refractivity contribution in [2.45, 2.75) is 64.2 Å². The summed E-state index contributed by atoms with van der Waals surface area (Å²) in [5.41, 5.74) is 20.3. The summed E-state index contributed by atoms with van der Waals surface area (Å²) in [6, 6.07) is 29.6. The average molecular weight is 634 g/mol. The molecule has 0 aromatic heterocycles. The quantitative estimate of drug-likeness (QED) is 0.145. The molecule has 0 N–H and O–H groups in total. The number of rotatable bonds is 7. The van der Waals surface area contributed by atoms with Crippen molar-refractivity contribution in [1.82, 2.24) is 0 Å². The molecular formula is C48H43N. The zero-order valence-corrected chi connectivity index (χ0v) is 28.7. The summed E-state index contributed by atoms with van der Waals surface area (Å²) >= 11 is 0. The highest BCUT2D eigenvalue weighted by Crippen LogP contribution is 2.64. The second-order valence-electron chi connectivity index (χ2n) is 14.8. The van der Waals surface area contributed by atoms with Crippen LogP contribution in [0.3, 0.4) is 0 Å². The van der Waals surface area contributed by atoms with Crippen molar-refractivity contribution in [3.8, 4) is 11.1 Å². The van der Waals surface area contributed by atoms with Crippen LogP contribution in [0.1, 0.15) is 75.5 Å². The predicted molar refractivity (Wildman–Crippen MR) is 208 cm³/mol. The Kier molecular flexibility index (Phi) is 7.04. The van der Waals surface area contributed by atoms with E-state index in [1.165, 1.54) is 92.4 Å². The molecule has 2 saturated carbocycles. The van der Waals surface area contributed by atoms with Crippen LogP contribution in [-0.4, -0.2) is 0 Å². The molecule has 1 spiro atoms. The van der Waals surface area contributed by atoms with Crippen LogP contribution in [0.15, 0.2) is 162 Å². The zero-order chi connectivity index (χ0) is 33.2. The molecule has 5 aliphatic carbocycles. The first-order chi connectivity index (χ1) is 24.0. The number of allylic oxidation sites excluding steroid dienone is 10. The SMILES string of the molecule is C=C/C=C\CC=Cc1ccc(N(C2=C=C3C4=CCCC=C4C4(CCCC4)C3=C2)c2c3c(cc4ccccc24)C(C)(C)c2ccccc2-3)cc1. The number of nitrogens with zero attached hydrogens (tertiary/aromatic N) is 1. The Morgan fingerprint density at radius 3 is 2.45 bits per heavy atom. The smallest absolute Gasteiger partial charge is 0.0900 e. The highest BCUT2D eigenvalue weighted by molar-refractivity contribution is 6.09. The first-order valence-electron chi connectivity index (χ1n) is 18.2. The van der Waals surface area contributed by atoms with Crippen LogP contribution in [0, 0.1) is 5.41 Å². The van der Waals surface area contributed by atoms with Crippen LogP contribution in [0.25, 0.3) is 28.0 Å². The molecule has 0 aliphatic heterocycles. The van der Waals surface area contributed by atoms with Gasteiger partial charge in [-0.05, 0) is 101 Å². The molecule has 0 bridgehead atoms. The lowest BCUT2D eigenvalue weighted by Crippen LogP contribution is -2.20. The van der Waals surface area contributed by atoms with Crippen molar-refractivity contribution in [2.75, 3.05) is 4.90 Å². The van der Waals surface area contributed by atoms with E-state index in [0.29, 0.717) is 0 Å². The van der Waals surface area contributed by atoms with Crippen LogP contribution in [0.5, 0.6) is 0 Å². The molecule has 240 valence electrons. The van der Waals surface area contributed by atoms with Crippen LogP contribution in [-0.2, 0) is 5.41 Å². The Balaban J connectivity index is 1.30. The molecule has 1 nitrogen and oxygen atoms in total. The van der Waals surface area contributed by atoms with Gasteiger partial charge in [-0.1, -0.05) is 142 Å². The topological polar surface area (TPSA) is 3.24 Å². The van der Waals surface area contributed by atoms with Gasteiger partial charge in [-0.15, -0.1) is 0 Å². The van der Waals surface area contributed by atoms with Crippen molar-refractivity contribution in [3.63, 3.8) is 0 Å². The fourth-order valence-corrected chi connectivity index (χ4v) is 9.48. The van der Waals surface area contributed by atoms with E-state index >= 15 is 0 Å². The van der Waals surface area contributed by atoms with Crippen molar-refractivity contribution in [2.24, 2.45) is 5.41 Å². The van der Waals surface area contributed by atoms with Crippen molar-refractivity contribution < 1.29 is 0 Å². The molecule has 9 rings (SSSR count). The molecule has 0 radical (unpaired) electrons. The first kappa shape index (κ1) is 30.0. The maximum atomic E-state index is 4.10. The van der Waals surface area contributed by atoms with Crippen molar-refractivity contribution in [1.29, 1.82) is 0 Å². The van der Waals surface area contributed by atoms with E-state index in [1.807, 2.05) is 12.2 Å². The Morgan fingerprint density at radius 1 is 0.837 bits per heavy atom. The van der Waals surface area contributed by atoms with Gasteiger partial charge in [0.2, 0.25) is 0 Å². The maximum Gasteiger partial charge on any atom is 0.0900 e. The van der Waals surface area contributed by atoms with Crippen LogP contribution in [0.4, 0.5) is 11.4 Å². The molecular weight excluding hydrogens is 591 g/mol. The minimum atomic E-state index is -0.108. The van der Waals surface area contributed by atoms with Gasteiger partial charge in [0, 0.05) is 33.0 Å². The molecule has 0 amide bonds. The Bertz CT molecular complexity index is 2260. The van der Waals surface area contributed by atoms with Gasteiger partial charge in [0.15, 0.2) is 0 Å². The first-order valence-corrected chi connectivity index (χ1v) is 18.2. The molecule has 5 aliphatic rings. The van der Waals surface area contributed by atoms with E-state index in [-0.39, 0.29) is 10.8 Å². The number of hydrogen-bond acceptors (Lipinski definition) is 1. The molecule has 0 heterocycles. The molecule has 1 heteroatoms. The Labute approximate surface area is 291 Å². The number of hydrogen-bond donors (Lipinski definition) is 0. The van der Waals surface area contributed by atoms with Gasteiger partial charge in [-0.25, -0.2) is 0 Å². The van der Waals surface area contributed by atoms with E-state index in [1.54, 1.807) is 5.57 Å². The van der Waals surface area contributed by atoms with E-state index < -0.39 is 0 Å². The third-order valence-corrected chi connectivity index (χ3v) is 11.8. The second-order valence-corrected chi connectivity index (χ2v) is 14.8. The highest BCUT2D eigenvalue weighted by atomic mass is 15.2. The van der Waals surface area contributed by atoms with Gasteiger partial charge in [0.05, 0.1) is 11.4 Å². The summed E-state index contributed by atoms with van der Waals surface area (Å²) in [6.07, 6.45) is 26.2. The van der Waals surface area contributed by atoms with Crippen LogP contribution >= 0.6 is 0 Å². The monoisotopic (exact) mass is 633 g/mol. The summed E-state index contributed by atoms with van der Waals surface area (Å²) in [5.74, 6) is 0. The lowest BCUT2D eigenvalue weighted by molar-refractivity contribution is 0.477. The number of benzene rings is 4. The minimum Gasteiger partial charge on any atom is -0.302 e. The summed E-state index contributed by atoms with van der Waals surface area (Å²) < 4.78 is 0. The van der Waals surface area contributed by atoms with E-state index in [0.717, 1.165) is 25.0 Å². The fraction of sp³-hybridized carbons (Fsp3) is 0.229. The standard InChI is InChI=1S/C48H43N/c1-4-5-6-7-8-17-33-24-26-35(27-25-33)49(36-31-40-38-20-11-14-23-42(38)48(43(40)32-36)28-15-16-29-48)46-37-19-10-9-18-34(37)30-44-45(46)39-21-12-13-22-41(39)47(44,2)3/h4-6,8-10,12-13,17-27,30,32H,1,7,11,14-16,28-29H2,2-3H3/b6-5-,17-8?. The van der Waals surface area contributed by atoms with Crippen LogP contribution in [0.2, 0.25) is 0 Å². The normalized spacial score (nSPS) is 19.3.